The molecule has 0 saturated carbocycles. The fourth-order valence-corrected chi connectivity index (χ4v) is 8.67. The lowest BCUT2D eigenvalue weighted by molar-refractivity contribution is -0.167. The fourth-order valence-electron chi connectivity index (χ4n) is 8.67. The zero-order valence-corrected chi connectivity index (χ0v) is 45.4. The first-order chi connectivity index (χ1) is 33.5. The van der Waals surface area contributed by atoms with Crippen molar-refractivity contribution in [1.29, 1.82) is 0 Å². The summed E-state index contributed by atoms with van der Waals surface area (Å²) in [4.78, 5) is 37.9. The Kier molecular flexibility index (Phi) is 54.8. The van der Waals surface area contributed by atoms with Gasteiger partial charge in [-0.15, -0.1) is 0 Å². The van der Waals surface area contributed by atoms with E-state index in [4.69, 9.17) is 14.2 Å². The van der Waals surface area contributed by atoms with Gasteiger partial charge in [0.1, 0.15) is 13.2 Å². The van der Waals surface area contributed by atoms with Crippen LogP contribution in [0.5, 0.6) is 0 Å². The van der Waals surface area contributed by atoms with Gasteiger partial charge in [0, 0.05) is 19.3 Å². The molecule has 1 unspecified atom stereocenters. The van der Waals surface area contributed by atoms with Gasteiger partial charge < -0.3 is 14.2 Å². The number of allylic oxidation sites excluding steroid dienone is 8. The normalized spacial score (nSPS) is 12.3. The molecule has 6 nitrogen and oxygen atoms in total. The Balaban J connectivity index is 3.98. The van der Waals surface area contributed by atoms with Gasteiger partial charge in [-0.1, -0.05) is 281 Å². The van der Waals surface area contributed by atoms with Gasteiger partial charge in [-0.2, -0.15) is 0 Å². The molecule has 0 fully saturated rings. The number of unbranched alkanes of at least 4 members (excludes halogenated alkanes) is 35. The summed E-state index contributed by atoms with van der Waals surface area (Å²) in [5, 5.41) is 0. The molecule has 1 atom stereocenters. The van der Waals surface area contributed by atoms with Gasteiger partial charge in [-0.3, -0.25) is 14.4 Å². The molecule has 0 aliphatic carbocycles. The van der Waals surface area contributed by atoms with Gasteiger partial charge in [0.15, 0.2) is 6.10 Å². The van der Waals surface area contributed by atoms with Crippen molar-refractivity contribution in [2.24, 2.45) is 0 Å². The molecule has 0 aromatic heterocycles. The summed E-state index contributed by atoms with van der Waals surface area (Å²) < 4.78 is 16.8. The van der Waals surface area contributed by atoms with Crippen molar-refractivity contribution in [3.63, 3.8) is 0 Å². The highest BCUT2D eigenvalue weighted by atomic mass is 16.6. The number of rotatable bonds is 54. The molecule has 0 aliphatic rings. The van der Waals surface area contributed by atoms with Crippen LogP contribution in [-0.4, -0.2) is 37.2 Å². The second kappa shape index (κ2) is 57.0. The molecule has 0 N–H and O–H groups in total. The Labute approximate surface area is 422 Å². The van der Waals surface area contributed by atoms with Crippen LogP contribution < -0.4 is 0 Å². The van der Waals surface area contributed by atoms with Crippen molar-refractivity contribution in [3.05, 3.63) is 48.6 Å². The Morgan fingerprint density at radius 3 is 0.897 bits per heavy atom. The van der Waals surface area contributed by atoms with E-state index in [-0.39, 0.29) is 31.1 Å². The average molecular weight is 954 g/mol. The van der Waals surface area contributed by atoms with Gasteiger partial charge in [0.25, 0.3) is 0 Å². The highest BCUT2D eigenvalue weighted by Crippen LogP contribution is 2.17. The SMILES string of the molecule is CC/C=C\C/C=C\C/C=C\C/C=C\CCCCCCCCCCCCCCCCCCCCC(=O)OCC(COC(=O)CCCCCCCCCC)OC(=O)CCCCCCCCCCCCC. The highest BCUT2D eigenvalue weighted by Gasteiger charge is 2.19. The van der Waals surface area contributed by atoms with Gasteiger partial charge >= 0.3 is 17.9 Å². The molecular formula is C62H112O6. The summed E-state index contributed by atoms with van der Waals surface area (Å²) >= 11 is 0. The van der Waals surface area contributed by atoms with E-state index in [2.05, 4.69) is 69.4 Å². The van der Waals surface area contributed by atoms with Crippen LogP contribution in [0.1, 0.15) is 310 Å². The van der Waals surface area contributed by atoms with Crippen molar-refractivity contribution in [3.8, 4) is 0 Å². The van der Waals surface area contributed by atoms with E-state index in [9.17, 15) is 14.4 Å². The topological polar surface area (TPSA) is 78.9 Å². The average Bonchev–Trinajstić information content (AvgIpc) is 3.34. The number of hydrogen-bond acceptors (Lipinski definition) is 6. The van der Waals surface area contributed by atoms with E-state index in [0.717, 1.165) is 83.5 Å². The van der Waals surface area contributed by atoms with E-state index >= 15 is 0 Å². The quantitative estimate of drug-likeness (QED) is 0.0262. The predicted molar refractivity (Wildman–Crippen MR) is 293 cm³/mol. The summed E-state index contributed by atoms with van der Waals surface area (Å²) in [6.07, 6.45) is 70.0. The van der Waals surface area contributed by atoms with Gasteiger partial charge in [0.2, 0.25) is 0 Å². The second-order valence-electron chi connectivity index (χ2n) is 19.9. The van der Waals surface area contributed by atoms with E-state index < -0.39 is 6.10 Å². The maximum atomic E-state index is 12.8. The maximum absolute atomic E-state index is 12.8. The number of carbonyl (C=O) groups is 3. The molecule has 0 radical (unpaired) electrons. The number of esters is 3. The van der Waals surface area contributed by atoms with Gasteiger partial charge in [-0.05, 0) is 57.8 Å². The standard InChI is InChI=1S/C62H112O6/c1-4-7-10-13-16-19-21-22-23-24-25-26-27-28-29-30-31-32-33-34-35-36-37-38-39-40-42-43-46-49-52-55-61(64)67-58-59(57-66-60(63)54-51-48-45-18-15-12-9-6-3)68-62(65)56-53-50-47-44-41-20-17-14-11-8-5-2/h7,10,16,19,22-23,25-26,59H,4-6,8-9,11-15,17-18,20-21,24,27-58H2,1-3H3/b10-7-,19-16-,23-22-,26-25-. The molecule has 0 spiro atoms. The predicted octanol–water partition coefficient (Wildman–Crippen LogP) is 19.8. The molecule has 0 amide bonds. The minimum atomic E-state index is -0.764. The molecule has 0 aromatic carbocycles. The first kappa shape index (κ1) is 65.4. The molecule has 0 saturated heterocycles. The molecule has 0 aliphatic heterocycles. The fraction of sp³-hybridized carbons (Fsp3) is 0.823. The van der Waals surface area contributed by atoms with Crippen molar-refractivity contribution in [2.45, 2.75) is 316 Å². The minimum Gasteiger partial charge on any atom is -0.462 e. The summed E-state index contributed by atoms with van der Waals surface area (Å²) in [5.41, 5.74) is 0. The zero-order valence-electron chi connectivity index (χ0n) is 45.4. The summed E-state index contributed by atoms with van der Waals surface area (Å²) in [7, 11) is 0. The van der Waals surface area contributed by atoms with Crippen LogP contribution in [-0.2, 0) is 28.6 Å². The first-order valence-corrected chi connectivity index (χ1v) is 29.6. The molecule has 68 heavy (non-hydrogen) atoms. The van der Waals surface area contributed by atoms with Crippen molar-refractivity contribution in [2.75, 3.05) is 13.2 Å². The highest BCUT2D eigenvalue weighted by molar-refractivity contribution is 5.71. The molecule has 0 aromatic rings. The van der Waals surface area contributed by atoms with E-state index in [1.165, 1.54) is 186 Å². The molecular weight excluding hydrogens is 841 g/mol. The Bertz CT molecular complexity index is 1190. The van der Waals surface area contributed by atoms with E-state index in [0.29, 0.717) is 19.3 Å². The van der Waals surface area contributed by atoms with Crippen LogP contribution in [0.2, 0.25) is 0 Å². The van der Waals surface area contributed by atoms with Crippen molar-refractivity contribution < 1.29 is 28.6 Å². The minimum absolute atomic E-state index is 0.0670. The van der Waals surface area contributed by atoms with Crippen molar-refractivity contribution in [1.82, 2.24) is 0 Å². The third-order valence-corrected chi connectivity index (χ3v) is 13.1. The molecule has 396 valence electrons. The molecule has 6 heteroatoms. The van der Waals surface area contributed by atoms with Gasteiger partial charge in [0.05, 0.1) is 0 Å². The van der Waals surface area contributed by atoms with Crippen LogP contribution in [0.15, 0.2) is 48.6 Å². The maximum Gasteiger partial charge on any atom is 0.306 e. The molecule has 0 heterocycles. The second-order valence-corrected chi connectivity index (χ2v) is 19.9. The lowest BCUT2D eigenvalue weighted by Gasteiger charge is -2.18. The van der Waals surface area contributed by atoms with Gasteiger partial charge in [-0.25, -0.2) is 0 Å². The monoisotopic (exact) mass is 953 g/mol. The third-order valence-electron chi connectivity index (χ3n) is 13.1. The lowest BCUT2D eigenvalue weighted by atomic mass is 10.0. The van der Waals surface area contributed by atoms with Crippen molar-refractivity contribution >= 4 is 17.9 Å². The molecule has 0 rings (SSSR count). The van der Waals surface area contributed by atoms with Crippen LogP contribution in [0.25, 0.3) is 0 Å². The smallest absolute Gasteiger partial charge is 0.306 e. The zero-order chi connectivity index (χ0) is 49.3. The lowest BCUT2D eigenvalue weighted by Crippen LogP contribution is -2.30. The van der Waals surface area contributed by atoms with Crippen LogP contribution in [0, 0.1) is 0 Å². The summed E-state index contributed by atoms with van der Waals surface area (Å²) in [6.45, 7) is 6.52. The Morgan fingerprint density at radius 1 is 0.309 bits per heavy atom. The largest absolute Gasteiger partial charge is 0.462 e. The number of hydrogen-bond donors (Lipinski definition) is 0. The summed E-state index contributed by atoms with van der Waals surface area (Å²) in [5.74, 6) is -0.857. The Hall–Kier alpha value is -2.63. The van der Waals surface area contributed by atoms with E-state index in [1.807, 2.05) is 0 Å². The Morgan fingerprint density at radius 2 is 0.574 bits per heavy atom. The molecule has 0 bridgehead atoms. The first-order valence-electron chi connectivity index (χ1n) is 29.6. The number of carbonyl (C=O) groups excluding carboxylic acids is 3. The van der Waals surface area contributed by atoms with E-state index in [1.54, 1.807) is 0 Å². The number of ether oxygens (including phenoxy) is 3. The van der Waals surface area contributed by atoms with Crippen LogP contribution >= 0.6 is 0 Å². The van der Waals surface area contributed by atoms with Crippen LogP contribution in [0.3, 0.4) is 0 Å². The van der Waals surface area contributed by atoms with Crippen LogP contribution in [0.4, 0.5) is 0 Å². The third kappa shape index (κ3) is 54.3. The summed E-state index contributed by atoms with van der Waals surface area (Å²) in [6, 6.07) is 0.